The van der Waals surface area contributed by atoms with Gasteiger partial charge < -0.3 is 4.90 Å². The van der Waals surface area contributed by atoms with Crippen LogP contribution in [0.25, 0.3) is 5.95 Å². The smallest absolute Gasteiger partial charge is 0.255 e. The Morgan fingerprint density at radius 1 is 1.17 bits per heavy atom. The Hall–Kier alpha value is -3.22. The first-order chi connectivity index (χ1) is 14.0. The molecule has 3 heterocycles. The number of fused-ring (bicyclic) bond motifs is 1. The molecule has 0 saturated carbocycles. The van der Waals surface area contributed by atoms with Crippen molar-refractivity contribution in [2.45, 2.75) is 46.6 Å². The zero-order valence-corrected chi connectivity index (χ0v) is 17.1. The Labute approximate surface area is 169 Å². The van der Waals surface area contributed by atoms with Gasteiger partial charge in [0.1, 0.15) is 6.54 Å². The van der Waals surface area contributed by atoms with Crippen LogP contribution in [0.2, 0.25) is 0 Å². The number of hydrogen-bond acceptors (Lipinski definition) is 4. The number of amides is 1. The summed E-state index contributed by atoms with van der Waals surface area (Å²) in [6.45, 7) is 6.34. The Balaban J connectivity index is 1.75. The van der Waals surface area contributed by atoms with Crippen LogP contribution in [0.5, 0.6) is 0 Å². The van der Waals surface area contributed by atoms with Gasteiger partial charge in [0.15, 0.2) is 0 Å². The van der Waals surface area contributed by atoms with Crippen molar-refractivity contribution < 1.29 is 4.79 Å². The maximum absolute atomic E-state index is 13.2. The van der Waals surface area contributed by atoms with E-state index in [0.717, 1.165) is 35.5 Å². The zero-order valence-electron chi connectivity index (χ0n) is 17.1. The first kappa shape index (κ1) is 19.1. The summed E-state index contributed by atoms with van der Waals surface area (Å²) in [5.74, 6) is 0.270. The number of hydrogen-bond donors (Lipinski definition) is 0. The van der Waals surface area contributed by atoms with Crippen LogP contribution in [-0.2, 0) is 24.2 Å². The van der Waals surface area contributed by atoms with Gasteiger partial charge >= 0.3 is 0 Å². The maximum atomic E-state index is 13.2. The van der Waals surface area contributed by atoms with Gasteiger partial charge in [-0.25, -0.2) is 9.67 Å². The molecular weight excluding hydrogens is 366 g/mol. The molecule has 0 aliphatic carbocycles. The highest BCUT2D eigenvalue weighted by molar-refractivity contribution is 5.94. The fourth-order valence-electron chi connectivity index (χ4n) is 3.88. The van der Waals surface area contributed by atoms with Crippen LogP contribution in [0, 0.1) is 13.8 Å². The summed E-state index contributed by atoms with van der Waals surface area (Å²) in [5, 5.41) is 4.48. The number of anilines is 1. The first-order valence-electron chi connectivity index (χ1n) is 10.0. The predicted octanol–water partition coefficient (Wildman–Crippen LogP) is 2.59. The van der Waals surface area contributed by atoms with E-state index in [4.69, 9.17) is 0 Å². The third-order valence-corrected chi connectivity index (χ3v) is 5.31. The number of benzene rings is 1. The average Bonchev–Trinajstić information content (AvgIpc) is 3.06. The topological polar surface area (TPSA) is 73.0 Å². The second-order valence-corrected chi connectivity index (χ2v) is 7.44. The summed E-state index contributed by atoms with van der Waals surface area (Å²) in [6.07, 6.45) is 2.51. The average molecular weight is 391 g/mol. The van der Waals surface area contributed by atoms with Gasteiger partial charge in [0.2, 0.25) is 11.9 Å². The third-order valence-electron chi connectivity index (χ3n) is 5.31. The molecule has 0 fully saturated rings. The lowest BCUT2D eigenvalue weighted by molar-refractivity contribution is -0.119. The molecule has 1 aliphatic heterocycles. The molecule has 29 heavy (non-hydrogen) atoms. The minimum Gasteiger partial charge on any atom is -0.311 e. The van der Waals surface area contributed by atoms with Crippen LogP contribution in [0.3, 0.4) is 0 Å². The molecule has 2 aromatic heterocycles. The van der Waals surface area contributed by atoms with Gasteiger partial charge in [0.25, 0.3) is 5.56 Å². The van der Waals surface area contributed by atoms with Crippen molar-refractivity contribution in [2.24, 2.45) is 0 Å². The van der Waals surface area contributed by atoms with Gasteiger partial charge in [-0.3, -0.25) is 14.2 Å². The first-order valence-corrected chi connectivity index (χ1v) is 10.0. The molecule has 1 aliphatic rings. The Kier molecular flexibility index (Phi) is 5.05. The summed E-state index contributed by atoms with van der Waals surface area (Å²) < 4.78 is 3.07. The number of nitrogens with zero attached hydrogens (tertiary/aromatic N) is 5. The lowest BCUT2D eigenvalue weighted by atomic mass is 10.0. The van der Waals surface area contributed by atoms with Crippen molar-refractivity contribution in [3.05, 3.63) is 69.4 Å². The third kappa shape index (κ3) is 3.60. The van der Waals surface area contributed by atoms with Crippen LogP contribution < -0.4 is 10.5 Å². The second kappa shape index (κ2) is 7.66. The van der Waals surface area contributed by atoms with Crippen molar-refractivity contribution in [1.29, 1.82) is 0 Å². The number of rotatable bonds is 4. The number of carbonyl (C=O) groups excluding carboxylic acids is 1. The van der Waals surface area contributed by atoms with Crippen molar-refractivity contribution in [1.82, 2.24) is 19.3 Å². The highest BCUT2D eigenvalue weighted by Gasteiger charge is 2.24. The molecular formula is C22H25N5O2. The molecule has 0 radical (unpaired) electrons. The van der Waals surface area contributed by atoms with Crippen LogP contribution in [-0.4, -0.2) is 31.8 Å². The normalized spacial score (nSPS) is 13.4. The largest absolute Gasteiger partial charge is 0.311 e. The van der Waals surface area contributed by atoms with Crippen LogP contribution >= 0.6 is 0 Å². The van der Waals surface area contributed by atoms with Crippen molar-refractivity contribution >= 4 is 11.6 Å². The molecule has 1 amide bonds. The summed E-state index contributed by atoms with van der Waals surface area (Å²) in [7, 11) is 0. The van der Waals surface area contributed by atoms with Crippen LogP contribution in [0.15, 0.2) is 41.2 Å². The van der Waals surface area contributed by atoms with E-state index in [1.54, 1.807) is 9.58 Å². The van der Waals surface area contributed by atoms with Crippen LogP contribution in [0.1, 0.15) is 36.0 Å². The molecule has 0 unspecified atom stereocenters. The molecule has 7 heteroatoms. The van der Waals surface area contributed by atoms with Gasteiger partial charge in [-0.1, -0.05) is 25.1 Å². The molecule has 0 atom stereocenters. The zero-order chi connectivity index (χ0) is 20.5. The summed E-state index contributed by atoms with van der Waals surface area (Å²) in [5.41, 5.74) is 4.25. The fraction of sp³-hybridized carbons (Fsp3) is 0.364. The molecule has 0 spiro atoms. The van der Waals surface area contributed by atoms with Gasteiger partial charge in [0, 0.05) is 29.7 Å². The fourth-order valence-corrected chi connectivity index (χ4v) is 3.88. The Morgan fingerprint density at radius 3 is 2.69 bits per heavy atom. The highest BCUT2D eigenvalue weighted by Crippen LogP contribution is 2.27. The molecule has 1 aromatic carbocycles. The van der Waals surface area contributed by atoms with Gasteiger partial charge in [0.05, 0.1) is 5.69 Å². The molecule has 0 saturated heterocycles. The van der Waals surface area contributed by atoms with E-state index in [0.29, 0.717) is 24.6 Å². The van der Waals surface area contributed by atoms with E-state index in [1.807, 2.05) is 45.0 Å². The molecule has 150 valence electrons. The minimum atomic E-state index is -0.238. The van der Waals surface area contributed by atoms with E-state index in [9.17, 15) is 9.59 Å². The van der Waals surface area contributed by atoms with Crippen molar-refractivity contribution in [3.8, 4) is 5.95 Å². The quantitative estimate of drug-likeness (QED) is 0.685. The SMILES string of the molecule is CCc1cc(=O)n(CC(=O)N2CCCc3ccccc32)c(-n2nc(C)cc2C)n1. The van der Waals surface area contributed by atoms with Gasteiger partial charge in [-0.05, 0) is 50.8 Å². The van der Waals surface area contributed by atoms with E-state index in [-0.39, 0.29) is 18.0 Å². The van der Waals surface area contributed by atoms with Gasteiger partial charge in [-0.15, -0.1) is 0 Å². The number of aromatic nitrogens is 4. The van der Waals surface area contributed by atoms with Gasteiger partial charge in [-0.2, -0.15) is 5.10 Å². The molecule has 3 aromatic rings. The van der Waals surface area contributed by atoms with Crippen LogP contribution in [0.4, 0.5) is 5.69 Å². The van der Waals surface area contributed by atoms with E-state index in [1.165, 1.54) is 10.6 Å². The highest BCUT2D eigenvalue weighted by atomic mass is 16.2. The molecule has 0 N–H and O–H groups in total. The summed E-state index contributed by atoms with van der Waals surface area (Å²) in [6, 6.07) is 11.4. The molecule has 4 rings (SSSR count). The molecule has 0 bridgehead atoms. The Morgan fingerprint density at radius 2 is 1.97 bits per heavy atom. The van der Waals surface area contributed by atoms with Crippen molar-refractivity contribution in [2.75, 3.05) is 11.4 Å². The van der Waals surface area contributed by atoms with E-state index in [2.05, 4.69) is 16.1 Å². The predicted molar refractivity (Wildman–Crippen MR) is 112 cm³/mol. The minimum absolute atomic E-state index is 0.0716. The maximum Gasteiger partial charge on any atom is 0.255 e. The monoisotopic (exact) mass is 391 g/mol. The Bertz CT molecular complexity index is 1130. The molecule has 7 nitrogen and oxygen atoms in total. The summed E-state index contributed by atoms with van der Waals surface area (Å²) in [4.78, 5) is 32.5. The van der Waals surface area contributed by atoms with E-state index < -0.39 is 0 Å². The second-order valence-electron chi connectivity index (χ2n) is 7.44. The lowest BCUT2D eigenvalue weighted by Gasteiger charge is -2.30. The van der Waals surface area contributed by atoms with E-state index >= 15 is 0 Å². The number of carbonyl (C=O) groups is 1. The number of para-hydroxylation sites is 1. The van der Waals surface area contributed by atoms with Crippen molar-refractivity contribution in [3.63, 3.8) is 0 Å². The standard InChI is InChI=1S/C22H25N5O2/c1-4-18-13-20(28)26(22(23-18)27-16(3)12-15(2)24-27)14-21(29)25-11-7-9-17-8-5-6-10-19(17)25/h5-6,8,10,12-13H,4,7,9,11,14H2,1-3H3. The lowest BCUT2D eigenvalue weighted by Crippen LogP contribution is -2.40. The number of aryl methyl sites for hydroxylation is 4. The summed E-state index contributed by atoms with van der Waals surface area (Å²) >= 11 is 0.